The minimum Gasteiger partial charge on any atom is -0.496 e. The summed E-state index contributed by atoms with van der Waals surface area (Å²) in [5.74, 6) is 1.06. The molecule has 0 bridgehead atoms. The second-order valence-corrected chi connectivity index (χ2v) is 7.84. The first-order chi connectivity index (χ1) is 11.3. The second-order valence-electron chi connectivity index (χ2n) is 7.84. The van der Waals surface area contributed by atoms with E-state index in [-0.39, 0.29) is 5.41 Å². The van der Waals surface area contributed by atoms with Crippen molar-refractivity contribution >= 4 is 5.97 Å². The molecule has 0 saturated carbocycles. The molecular weight excluding hydrogens is 300 g/mol. The van der Waals surface area contributed by atoms with E-state index in [0.717, 1.165) is 30.6 Å². The number of hydrogen-bond donors (Lipinski definition) is 1. The number of carbonyl (C=O) groups is 1. The Bertz CT molecular complexity index is 714. The number of fused-ring (bicyclic) bond motifs is 3. The molecular formula is C21H28O3. The Kier molecular flexibility index (Phi) is 4.23. The molecule has 0 unspecified atom stereocenters. The standard InChI is InChI=1S/C21H28O3/c1-12(2)14-6-9-18-16(19(14)24-5)7-8-17-13(3)15(20(22)23)10-11-21(17,18)4/h6,9,12,17H,7-8,10-11H2,1-5H3,(H,22,23)/t17-,21-/m1/s1. The maximum atomic E-state index is 11.5. The molecule has 3 nitrogen and oxygen atoms in total. The van der Waals surface area contributed by atoms with Gasteiger partial charge in [-0.25, -0.2) is 4.79 Å². The van der Waals surface area contributed by atoms with E-state index < -0.39 is 5.97 Å². The Labute approximate surface area is 144 Å². The van der Waals surface area contributed by atoms with Crippen molar-refractivity contribution in [3.8, 4) is 5.75 Å². The molecule has 0 saturated heterocycles. The van der Waals surface area contributed by atoms with E-state index in [1.54, 1.807) is 7.11 Å². The summed E-state index contributed by atoms with van der Waals surface area (Å²) in [5, 5.41) is 9.48. The molecule has 2 atom stereocenters. The highest BCUT2D eigenvalue weighted by Gasteiger charge is 2.46. The smallest absolute Gasteiger partial charge is 0.331 e. The Balaban J connectivity index is 2.15. The van der Waals surface area contributed by atoms with Crippen LogP contribution in [0.15, 0.2) is 23.3 Å². The van der Waals surface area contributed by atoms with Crippen LogP contribution < -0.4 is 4.74 Å². The van der Waals surface area contributed by atoms with Crippen molar-refractivity contribution in [2.24, 2.45) is 5.92 Å². The zero-order chi connectivity index (χ0) is 17.6. The predicted octanol–water partition coefficient (Wildman–Crippen LogP) is 4.83. The van der Waals surface area contributed by atoms with Gasteiger partial charge in [0.1, 0.15) is 5.75 Å². The van der Waals surface area contributed by atoms with Crippen molar-refractivity contribution < 1.29 is 14.6 Å². The van der Waals surface area contributed by atoms with Crippen LogP contribution in [-0.4, -0.2) is 18.2 Å². The number of ether oxygens (including phenoxy) is 1. The Morgan fingerprint density at radius 2 is 2.04 bits per heavy atom. The van der Waals surface area contributed by atoms with Crippen LogP contribution in [-0.2, 0) is 16.6 Å². The van der Waals surface area contributed by atoms with Gasteiger partial charge in [0.05, 0.1) is 7.11 Å². The van der Waals surface area contributed by atoms with Crippen molar-refractivity contribution in [2.75, 3.05) is 7.11 Å². The van der Waals surface area contributed by atoms with E-state index in [9.17, 15) is 9.90 Å². The van der Waals surface area contributed by atoms with Gasteiger partial charge in [-0.1, -0.05) is 38.5 Å². The first-order valence-corrected chi connectivity index (χ1v) is 8.94. The van der Waals surface area contributed by atoms with E-state index in [1.807, 2.05) is 6.92 Å². The molecule has 2 aliphatic rings. The van der Waals surface area contributed by atoms with Crippen molar-refractivity contribution in [2.45, 2.75) is 64.7 Å². The van der Waals surface area contributed by atoms with Crippen LogP contribution >= 0.6 is 0 Å². The number of methoxy groups -OCH3 is 1. The number of allylic oxidation sites excluding steroid dienone is 1. The molecule has 3 heteroatoms. The molecule has 0 aliphatic heterocycles. The Hall–Kier alpha value is -1.77. The van der Waals surface area contributed by atoms with Gasteiger partial charge < -0.3 is 9.84 Å². The summed E-state index contributed by atoms with van der Waals surface area (Å²) in [4.78, 5) is 11.5. The van der Waals surface area contributed by atoms with Crippen molar-refractivity contribution in [3.05, 3.63) is 40.0 Å². The van der Waals surface area contributed by atoms with Gasteiger partial charge in [-0.15, -0.1) is 0 Å². The first-order valence-electron chi connectivity index (χ1n) is 8.94. The molecule has 0 amide bonds. The Morgan fingerprint density at radius 1 is 1.33 bits per heavy atom. The molecule has 1 aromatic rings. The topological polar surface area (TPSA) is 46.5 Å². The third-order valence-corrected chi connectivity index (χ3v) is 6.34. The average molecular weight is 328 g/mol. The van der Waals surface area contributed by atoms with E-state index in [0.29, 0.717) is 23.8 Å². The van der Waals surface area contributed by atoms with Gasteiger partial charge >= 0.3 is 5.97 Å². The summed E-state index contributed by atoms with van der Waals surface area (Å²) in [5.41, 5.74) is 5.70. The molecule has 1 N–H and O–H groups in total. The van der Waals surface area contributed by atoms with Crippen LogP contribution in [0.25, 0.3) is 0 Å². The van der Waals surface area contributed by atoms with Gasteiger partial charge in [0, 0.05) is 5.57 Å². The second kappa shape index (κ2) is 5.94. The molecule has 0 fully saturated rings. The van der Waals surface area contributed by atoms with Crippen molar-refractivity contribution in [1.82, 2.24) is 0 Å². The zero-order valence-electron chi connectivity index (χ0n) is 15.4. The Morgan fingerprint density at radius 3 is 2.62 bits per heavy atom. The van der Waals surface area contributed by atoms with Crippen LogP contribution in [0.3, 0.4) is 0 Å². The fourth-order valence-electron chi connectivity index (χ4n) is 4.99. The molecule has 24 heavy (non-hydrogen) atoms. The lowest BCUT2D eigenvalue weighted by atomic mass is 9.56. The monoisotopic (exact) mass is 328 g/mol. The number of benzene rings is 1. The number of rotatable bonds is 3. The average Bonchev–Trinajstić information content (AvgIpc) is 2.53. The highest BCUT2D eigenvalue weighted by Crippen LogP contribution is 2.54. The fraction of sp³-hybridized carbons (Fsp3) is 0.571. The largest absolute Gasteiger partial charge is 0.496 e. The van der Waals surface area contributed by atoms with Crippen LogP contribution in [0, 0.1) is 5.92 Å². The summed E-state index contributed by atoms with van der Waals surface area (Å²) < 4.78 is 5.81. The summed E-state index contributed by atoms with van der Waals surface area (Å²) in [6, 6.07) is 4.49. The SMILES string of the molecule is COc1c(C(C)C)ccc2c1CC[C@@H]1C(C)=C(C(=O)O)CC[C@@]21C. The van der Waals surface area contributed by atoms with E-state index in [2.05, 4.69) is 32.9 Å². The van der Waals surface area contributed by atoms with Crippen LogP contribution in [0.1, 0.15) is 69.6 Å². The maximum Gasteiger partial charge on any atom is 0.331 e. The summed E-state index contributed by atoms with van der Waals surface area (Å²) in [6.07, 6.45) is 3.52. The summed E-state index contributed by atoms with van der Waals surface area (Å²) in [6.45, 7) is 8.73. The zero-order valence-corrected chi connectivity index (χ0v) is 15.4. The van der Waals surface area contributed by atoms with Crippen molar-refractivity contribution in [3.63, 3.8) is 0 Å². The van der Waals surface area contributed by atoms with Gasteiger partial charge in [0.15, 0.2) is 0 Å². The number of aliphatic carboxylic acids is 1. The van der Waals surface area contributed by atoms with E-state index in [1.165, 1.54) is 16.7 Å². The minimum atomic E-state index is -0.743. The lowest BCUT2D eigenvalue weighted by Gasteiger charge is -2.47. The molecule has 0 aromatic heterocycles. The lowest BCUT2D eigenvalue weighted by molar-refractivity contribution is -0.133. The van der Waals surface area contributed by atoms with Gasteiger partial charge in [0.25, 0.3) is 0 Å². The number of carboxylic acid groups (broad SMARTS) is 1. The lowest BCUT2D eigenvalue weighted by Crippen LogP contribution is -2.41. The summed E-state index contributed by atoms with van der Waals surface area (Å²) in [7, 11) is 1.77. The van der Waals surface area contributed by atoms with E-state index >= 15 is 0 Å². The minimum absolute atomic E-state index is 0.0133. The first kappa shape index (κ1) is 17.1. The molecule has 0 radical (unpaired) electrons. The van der Waals surface area contributed by atoms with Crippen molar-refractivity contribution in [1.29, 1.82) is 0 Å². The van der Waals surface area contributed by atoms with Gasteiger partial charge in [-0.05, 0) is 66.5 Å². The normalized spacial score (nSPS) is 26.2. The van der Waals surface area contributed by atoms with Crippen LogP contribution in [0.4, 0.5) is 0 Å². The molecule has 1 aromatic carbocycles. The molecule has 130 valence electrons. The number of hydrogen-bond acceptors (Lipinski definition) is 2. The van der Waals surface area contributed by atoms with Crippen LogP contribution in [0.5, 0.6) is 5.75 Å². The molecule has 0 spiro atoms. The quantitative estimate of drug-likeness (QED) is 0.864. The number of carboxylic acids is 1. The van der Waals surface area contributed by atoms with Gasteiger partial charge in [0.2, 0.25) is 0 Å². The van der Waals surface area contributed by atoms with Gasteiger partial charge in [-0.2, -0.15) is 0 Å². The van der Waals surface area contributed by atoms with Crippen LogP contribution in [0.2, 0.25) is 0 Å². The summed E-state index contributed by atoms with van der Waals surface area (Å²) >= 11 is 0. The van der Waals surface area contributed by atoms with E-state index in [4.69, 9.17) is 4.74 Å². The highest BCUT2D eigenvalue weighted by molar-refractivity contribution is 5.88. The predicted molar refractivity (Wildman–Crippen MR) is 95.8 cm³/mol. The molecule has 0 heterocycles. The van der Waals surface area contributed by atoms with Gasteiger partial charge in [-0.3, -0.25) is 0 Å². The molecule has 2 aliphatic carbocycles. The fourth-order valence-corrected chi connectivity index (χ4v) is 4.99. The maximum absolute atomic E-state index is 11.5. The molecule has 3 rings (SSSR count). The highest BCUT2D eigenvalue weighted by atomic mass is 16.5. The third kappa shape index (κ3) is 2.37. The third-order valence-electron chi connectivity index (χ3n) is 6.34.